The second-order valence-electron chi connectivity index (χ2n) is 1.50. The van der Waals surface area contributed by atoms with E-state index in [9.17, 15) is 0 Å². The standard InChI is InChI=1S/C5H12O3.2ClH/c1-2-8-4-5(7)3-6;;/h5-7H,2-4H2,1H3;2*1H. The number of aliphatic hydroxyl groups excluding tert-OH is 2. The number of hydrogen-bond acceptors (Lipinski definition) is 3. The third kappa shape index (κ3) is 11.3. The third-order valence-corrected chi connectivity index (χ3v) is 0.725. The van der Waals surface area contributed by atoms with Crippen LogP contribution in [0.15, 0.2) is 0 Å². The summed E-state index contributed by atoms with van der Waals surface area (Å²) in [6.45, 7) is 2.42. The van der Waals surface area contributed by atoms with Crippen molar-refractivity contribution in [3.8, 4) is 0 Å². The molecule has 0 aliphatic rings. The molecular formula is C5H14Cl2O3. The Kier molecular flexibility index (Phi) is 20.5. The van der Waals surface area contributed by atoms with E-state index in [0.29, 0.717) is 6.61 Å². The quantitative estimate of drug-likeness (QED) is 0.671. The number of rotatable bonds is 4. The molecular weight excluding hydrogens is 179 g/mol. The highest BCUT2D eigenvalue weighted by atomic mass is 35.5. The fourth-order valence-electron chi connectivity index (χ4n) is 0.307. The zero-order valence-corrected chi connectivity index (χ0v) is 7.45. The third-order valence-electron chi connectivity index (χ3n) is 0.725. The molecule has 0 aliphatic heterocycles. The van der Waals surface area contributed by atoms with E-state index >= 15 is 0 Å². The Morgan fingerprint density at radius 3 is 2.20 bits per heavy atom. The minimum atomic E-state index is -0.713. The number of aliphatic hydroxyl groups is 2. The van der Waals surface area contributed by atoms with Crippen LogP contribution in [0, 0.1) is 0 Å². The Hall–Kier alpha value is 0.460. The molecule has 0 saturated heterocycles. The van der Waals surface area contributed by atoms with Crippen molar-refractivity contribution in [1.82, 2.24) is 0 Å². The van der Waals surface area contributed by atoms with Crippen molar-refractivity contribution in [2.45, 2.75) is 13.0 Å². The van der Waals surface area contributed by atoms with Crippen molar-refractivity contribution in [3.05, 3.63) is 0 Å². The summed E-state index contributed by atoms with van der Waals surface area (Å²) < 4.78 is 4.78. The van der Waals surface area contributed by atoms with Crippen LogP contribution in [0.1, 0.15) is 6.92 Å². The van der Waals surface area contributed by atoms with Gasteiger partial charge in [-0.25, -0.2) is 0 Å². The average Bonchev–Trinajstić information content (AvgIpc) is 1.83. The molecule has 5 heteroatoms. The monoisotopic (exact) mass is 192 g/mol. The van der Waals surface area contributed by atoms with E-state index in [-0.39, 0.29) is 38.0 Å². The van der Waals surface area contributed by atoms with Crippen molar-refractivity contribution in [2.75, 3.05) is 19.8 Å². The summed E-state index contributed by atoms with van der Waals surface area (Å²) in [4.78, 5) is 0. The van der Waals surface area contributed by atoms with Crippen LogP contribution in [0.2, 0.25) is 0 Å². The summed E-state index contributed by atoms with van der Waals surface area (Å²) in [6.07, 6.45) is -0.713. The maximum Gasteiger partial charge on any atom is 0.100 e. The molecule has 10 heavy (non-hydrogen) atoms. The molecule has 0 amide bonds. The zero-order valence-electron chi connectivity index (χ0n) is 5.82. The highest BCUT2D eigenvalue weighted by Crippen LogP contribution is 1.81. The van der Waals surface area contributed by atoms with Gasteiger partial charge >= 0.3 is 0 Å². The topological polar surface area (TPSA) is 49.7 Å². The SMILES string of the molecule is CCOCC(O)CO.Cl.Cl. The first-order valence-corrected chi connectivity index (χ1v) is 2.68. The molecule has 66 valence electrons. The first-order chi connectivity index (χ1) is 3.81. The summed E-state index contributed by atoms with van der Waals surface area (Å²) in [5.74, 6) is 0. The van der Waals surface area contributed by atoms with Gasteiger partial charge in [-0.2, -0.15) is 0 Å². The van der Waals surface area contributed by atoms with E-state index in [0.717, 1.165) is 0 Å². The van der Waals surface area contributed by atoms with Gasteiger partial charge in [0.15, 0.2) is 0 Å². The van der Waals surface area contributed by atoms with Crippen molar-refractivity contribution in [1.29, 1.82) is 0 Å². The molecule has 0 heterocycles. The maximum absolute atomic E-state index is 8.61. The molecule has 0 rings (SSSR count). The Morgan fingerprint density at radius 2 is 1.90 bits per heavy atom. The summed E-state index contributed by atoms with van der Waals surface area (Å²) in [5.41, 5.74) is 0. The van der Waals surface area contributed by atoms with E-state index in [2.05, 4.69) is 0 Å². The summed E-state index contributed by atoms with van der Waals surface area (Å²) in [6, 6.07) is 0. The molecule has 0 bridgehead atoms. The van der Waals surface area contributed by atoms with Crippen LogP contribution in [0.3, 0.4) is 0 Å². The molecule has 0 spiro atoms. The van der Waals surface area contributed by atoms with Gasteiger partial charge in [-0.1, -0.05) is 0 Å². The summed E-state index contributed by atoms with van der Waals surface area (Å²) >= 11 is 0. The Labute approximate surface area is 73.2 Å². The average molecular weight is 193 g/mol. The van der Waals surface area contributed by atoms with Crippen molar-refractivity contribution in [2.24, 2.45) is 0 Å². The molecule has 0 aromatic rings. The normalized spacial score (nSPS) is 11.1. The molecule has 0 fully saturated rings. The smallest absolute Gasteiger partial charge is 0.100 e. The molecule has 3 nitrogen and oxygen atoms in total. The first-order valence-electron chi connectivity index (χ1n) is 2.68. The minimum Gasteiger partial charge on any atom is -0.394 e. The lowest BCUT2D eigenvalue weighted by Crippen LogP contribution is -2.19. The fraction of sp³-hybridized carbons (Fsp3) is 1.00. The van der Waals surface area contributed by atoms with Crippen LogP contribution in [0.4, 0.5) is 0 Å². The maximum atomic E-state index is 8.61. The van der Waals surface area contributed by atoms with E-state index in [1.54, 1.807) is 0 Å². The number of halogens is 2. The van der Waals surface area contributed by atoms with Crippen molar-refractivity contribution >= 4 is 24.8 Å². The number of hydrogen-bond donors (Lipinski definition) is 2. The predicted octanol–water partition coefficient (Wildman–Crippen LogP) is 0.220. The van der Waals surface area contributed by atoms with Crippen LogP contribution in [0.25, 0.3) is 0 Å². The van der Waals surface area contributed by atoms with Gasteiger partial charge in [-0.3, -0.25) is 0 Å². The van der Waals surface area contributed by atoms with E-state index in [4.69, 9.17) is 14.9 Å². The van der Waals surface area contributed by atoms with Crippen molar-refractivity contribution < 1.29 is 14.9 Å². The lowest BCUT2D eigenvalue weighted by Gasteiger charge is -2.04. The van der Waals surface area contributed by atoms with Gasteiger partial charge in [0.05, 0.1) is 13.2 Å². The summed E-state index contributed by atoms with van der Waals surface area (Å²) in [7, 11) is 0. The fourth-order valence-corrected chi connectivity index (χ4v) is 0.307. The van der Waals surface area contributed by atoms with Gasteiger partial charge in [0.25, 0.3) is 0 Å². The van der Waals surface area contributed by atoms with Crippen LogP contribution in [-0.4, -0.2) is 36.1 Å². The van der Waals surface area contributed by atoms with Crippen LogP contribution in [0.5, 0.6) is 0 Å². The van der Waals surface area contributed by atoms with Crippen LogP contribution in [-0.2, 0) is 4.74 Å². The van der Waals surface area contributed by atoms with Gasteiger partial charge in [-0.15, -0.1) is 24.8 Å². The minimum absolute atomic E-state index is 0. The lowest BCUT2D eigenvalue weighted by molar-refractivity contribution is 0.0104. The molecule has 0 radical (unpaired) electrons. The highest BCUT2D eigenvalue weighted by molar-refractivity contribution is 5.85. The Morgan fingerprint density at radius 1 is 1.40 bits per heavy atom. The molecule has 0 saturated carbocycles. The second kappa shape index (κ2) is 12.2. The zero-order chi connectivity index (χ0) is 6.41. The van der Waals surface area contributed by atoms with Crippen LogP contribution < -0.4 is 0 Å². The van der Waals surface area contributed by atoms with Gasteiger partial charge in [0, 0.05) is 6.61 Å². The van der Waals surface area contributed by atoms with Gasteiger partial charge in [0.2, 0.25) is 0 Å². The van der Waals surface area contributed by atoms with E-state index in [1.807, 2.05) is 6.92 Å². The largest absolute Gasteiger partial charge is 0.394 e. The Bertz CT molecular complexity index is 54.2. The predicted molar refractivity (Wildman–Crippen MR) is 44.1 cm³/mol. The Balaban J connectivity index is -0.000000245. The lowest BCUT2D eigenvalue weighted by atomic mass is 10.4. The molecule has 1 unspecified atom stereocenters. The highest BCUT2D eigenvalue weighted by Gasteiger charge is 1.98. The number of ether oxygens (including phenoxy) is 1. The molecule has 0 aromatic heterocycles. The molecule has 0 aromatic carbocycles. The van der Waals surface area contributed by atoms with E-state index < -0.39 is 6.10 Å². The second-order valence-corrected chi connectivity index (χ2v) is 1.50. The van der Waals surface area contributed by atoms with Gasteiger partial charge < -0.3 is 14.9 Å². The molecule has 1 atom stereocenters. The van der Waals surface area contributed by atoms with Gasteiger partial charge in [-0.05, 0) is 6.92 Å². The van der Waals surface area contributed by atoms with E-state index in [1.165, 1.54) is 0 Å². The van der Waals surface area contributed by atoms with Crippen LogP contribution >= 0.6 is 24.8 Å². The van der Waals surface area contributed by atoms with Crippen molar-refractivity contribution in [3.63, 3.8) is 0 Å². The molecule has 2 N–H and O–H groups in total. The first kappa shape index (κ1) is 16.8. The summed E-state index contributed by atoms with van der Waals surface area (Å²) in [5, 5.41) is 16.8. The van der Waals surface area contributed by atoms with Gasteiger partial charge in [0.1, 0.15) is 6.10 Å². The molecule has 0 aliphatic carbocycles.